The van der Waals surface area contributed by atoms with E-state index in [-0.39, 0.29) is 56.7 Å². The van der Waals surface area contributed by atoms with E-state index in [0.717, 1.165) is 44.5 Å². The number of aromatic hydroxyl groups is 2. The maximum Gasteiger partial charge on any atom is 0.229 e. The number of nitrogen functional groups attached to an aromatic ring is 2. The number of hydrogen-bond acceptors (Lipinski definition) is 12. The summed E-state index contributed by atoms with van der Waals surface area (Å²) in [6.07, 6.45) is 17.4. The van der Waals surface area contributed by atoms with Crippen LogP contribution < -0.4 is 22.1 Å². The minimum atomic E-state index is -0.719. The lowest BCUT2D eigenvalue weighted by Crippen LogP contribution is -2.20. The van der Waals surface area contributed by atoms with Gasteiger partial charge < -0.3 is 53.3 Å². The van der Waals surface area contributed by atoms with E-state index in [2.05, 4.69) is 10.6 Å². The normalized spacial score (nSPS) is 15.9. The summed E-state index contributed by atoms with van der Waals surface area (Å²) in [5, 5.41) is 72.0. The highest BCUT2D eigenvalue weighted by Crippen LogP contribution is 2.54. The molecule has 4 aliphatic carbocycles. The van der Waals surface area contributed by atoms with Crippen molar-refractivity contribution in [1.82, 2.24) is 0 Å². The van der Waals surface area contributed by atoms with Gasteiger partial charge in [0, 0.05) is 68.5 Å². The Hall–Kier alpha value is -10.2. The molecule has 12 N–H and O–H groups in total. The Labute approximate surface area is 464 Å². The number of aliphatic hydroxyl groups is 2. The monoisotopic (exact) mass is 1060 g/mol. The van der Waals surface area contributed by atoms with E-state index >= 15 is 0 Å². The van der Waals surface area contributed by atoms with E-state index in [9.17, 15) is 30.0 Å². The zero-order valence-electron chi connectivity index (χ0n) is 45.1. The van der Waals surface area contributed by atoms with Crippen LogP contribution in [0.25, 0.3) is 44.6 Å². The molecule has 0 amide bonds. The molecule has 0 spiro atoms. The second-order valence-corrected chi connectivity index (χ2v) is 20.9. The Balaban J connectivity index is 1.09. The highest BCUT2D eigenvalue weighted by Gasteiger charge is 2.39. The fourth-order valence-corrected chi connectivity index (χ4v) is 11.0. The van der Waals surface area contributed by atoms with Crippen LogP contribution in [0, 0.1) is 36.5 Å². The number of nitrogens with one attached hydrogen (secondary N) is 4. The first-order valence-electron chi connectivity index (χ1n) is 26.3. The van der Waals surface area contributed by atoms with Gasteiger partial charge in [0.25, 0.3) is 0 Å². The van der Waals surface area contributed by atoms with Crippen molar-refractivity contribution in [1.29, 1.82) is 10.8 Å². The number of rotatable bonds is 11. The molecule has 6 aromatic carbocycles. The number of allylic oxidation sites excluding steroid dienone is 14. The van der Waals surface area contributed by atoms with Gasteiger partial charge in [0.2, 0.25) is 11.6 Å². The van der Waals surface area contributed by atoms with Gasteiger partial charge in [-0.05, 0) is 165 Å². The fraction of sp³-hybridized carbons (Fsp3) is 0.118. The molecular formula is C68H60N6O6. The average molecular weight is 1060 g/mol. The Bertz CT molecular complexity index is 3720. The third-order valence-corrected chi connectivity index (χ3v) is 14.8. The number of benzene rings is 6. The lowest BCUT2D eigenvalue weighted by Gasteiger charge is -2.29. The molecule has 12 nitrogen and oxygen atoms in total. The van der Waals surface area contributed by atoms with Crippen LogP contribution in [0.15, 0.2) is 193 Å². The van der Waals surface area contributed by atoms with Gasteiger partial charge >= 0.3 is 0 Å². The molecule has 0 aromatic heterocycles. The SMILES string of the molecule is Cc1cc2c(c(O)c1-c1c(C)cc3c(c1O)C(=CNc1cccc(C(=C4C=CC(=N)C=C4)c4ccc(N)cc4)c1)C(=O)C(O)=C3C(C)C)C(=CNc1cccc(C(=C3C=CC(=N)C=C3)c3ccc(N)cc3)c1)C(=O)C(O)=C2C(C)C. The van der Waals surface area contributed by atoms with Crippen molar-refractivity contribution >= 4 is 79.2 Å². The van der Waals surface area contributed by atoms with Crippen molar-refractivity contribution in [3.8, 4) is 22.6 Å². The molecule has 0 radical (unpaired) electrons. The van der Waals surface area contributed by atoms with Crippen LogP contribution in [0.3, 0.4) is 0 Å². The van der Waals surface area contributed by atoms with Crippen LogP contribution >= 0.6 is 0 Å². The van der Waals surface area contributed by atoms with Gasteiger partial charge in [0.15, 0.2) is 11.5 Å². The zero-order chi connectivity index (χ0) is 56.8. The maximum absolute atomic E-state index is 14.6. The summed E-state index contributed by atoms with van der Waals surface area (Å²) >= 11 is 0. The minimum Gasteiger partial charge on any atom is -0.507 e. The molecule has 0 aliphatic heterocycles. The van der Waals surface area contributed by atoms with Gasteiger partial charge in [-0.3, -0.25) is 9.59 Å². The fourth-order valence-electron chi connectivity index (χ4n) is 11.0. The molecule has 0 unspecified atom stereocenters. The topological polar surface area (TPSA) is 239 Å². The number of aryl methyl sites for hydroxylation is 2. The van der Waals surface area contributed by atoms with E-state index in [1.807, 2.05) is 149 Å². The molecule has 0 fully saturated rings. The van der Waals surface area contributed by atoms with Crippen molar-refractivity contribution < 1.29 is 30.0 Å². The third-order valence-electron chi connectivity index (χ3n) is 14.8. The number of hydrogen-bond donors (Lipinski definition) is 10. The highest BCUT2D eigenvalue weighted by molar-refractivity contribution is 6.35. The van der Waals surface area contributed by atoms with Crippen molar-refractivity contribution in [2.75, 3.05) is 22.1 Å². The Morgan fingerprint density at radius 2 is 0.825 bits per heavy atom. The van der Waals surface area contributed by atoms with Crippen molar-refractivity contribution in [3.05, 3.63) is 249 Å². The Morgan fingerprint density at radius 3 is 1.16 bits per heavy atom. The molecule has 0 atom stereocenters. The summed E-state index contributed by atoms with van der Waals surface area (Å²) in [6, 6.07) is 33.8. The number of ketones is 2. The van der Waals surface area contributed by atoms with E-state index in [1.165, 1.54) is 12.4 Å². The van der Waals surface area contributed by atoms with Gasteiger partial charge in [-0.2, -0.15) is 0 Å². The minimum absolute atomic E-state index is 0.0303. The smallest absolute Gasteiger partial charge is 0.229 e. The molecule has 398 valence electrons. The molecule has 0 saturated carbocycles. The third kappa shape index (κ3) is 9.79. The molecular weight excluding hydrogens is 997 g/mol. The van der Waals surface area contributed by atoms with E-state index < -0.39 is 23.1 Å². The summed E-state index contributed by atoms with van der Waals surface area (Å²) < 4.78 is 0. The molecule has 0 bridgehead atoms. The largest absolute Gasteiger partial charge is 0.507 e. The van der Waals surface area contributed by atoms with Gasteiger partial charge in [-0.15, -0.1) is 0 Å². The second-order valence-electron chi connectivity index (χ2n) is 20.9. The van der Waals surface area contributed by atoms with Crippen LogP contribution in [-0.2, 0) is 9.59 Å². The lowest BCUT2D eigenvalue weighted by molar-refractivity contribution is -0.113. The summed E-state index contributed by atoms with van der Waals surface area (Å²) in [4.78, 5) is 29.1. The maximum atomic E-state index is 14.6. The van der Waals surface area contributed by atoms with Crippen LogP contribution in [0.1, 0.15) is 83.3 Å². The van der Waals surface area contributed by atoms with Gasteiger partial charge in [0.05, 0.1) is 22.6 Å². The highest BCUT2D eigenvalue weighted by atomic mass is 16.3. The lowest BCUT2D eigenvalue weighted by atomic mass is 9.75. The number of Topliss-reactive ketones (excluding diaryl/α,β-unsaturated/α-hetero) is 2. The molecule has 12 heteroatoms. The number of phenolic OH excluding ortho intramolecular Hbond substituents is 2. The number of carbonyl (C=O) groups is 2. The molecule has 0 heterocycles. The first kappa shape index (κ1) is 53.2. The van der Waals surface area contributed by atoms with Gasteiger partial charge in [0.1, 0.15) is 11.5 Å². The summed E-state index contributed by atoms with van der Waals surface area (Å²) in [6.45, 7) is 11.0. The van der Waals surface area contributed by atoms with Gasteiger partial charge in [-0.1, -0.05) is 113 Å². The first-order chi connectivity index (χ1) is 38.3. The second kappa shape index (κ2) is 21.3. The van der Waals surface area contributed by atoms with E-state index in [0.29, 0.717) is 67.6 Å². The molecule has 80 heavy (non-hydrogen) atoms. The van der Waals surface area contributed by atoms with Crippen molar-refractivity contribution in [2.45, 2.75) is 41.5 Å². The van der Waals surface area contributed by atoms with Gasteiger partial charge in [-0.25, -0.2) is 0 Å². The number of aliphatic hydroxyl groups excluding tert-OH is 2. The number of nitrogens with two attached hydrogens (primary N) is 2. The van der Waals surface area contributed by atoms with Crippen molar-refractivity contribution in [2.24, 2.45) is 11.8 Å². The average Bonchev–Trinajstić information content (AvgIpc) is 3.48. The first-order valence-corrected chi connectivity index (χ1v) is 26.3. The predicted molar refractivity (Wildman–Crippen MR) is 325 cm³/mol. The quantitative estimate of drug-likeness (QED) is 0.0435. The standard InChI is InChI=1S/C68H60N6O6/c1-35(2)55-51-29-37(5)57(65(77)61(51)53(63(75)67(55)79)33-73-49-11-7-9-43(31-49)59(39-13-21-45(69)22-14-39)40-15-23-46(70)24-16-40)58-38(6)30-52-56(36(3)4)68(80)64(76)54(62(52)66(58)78)34-74-50-12-8-10-44(32-50)60(41-17-25-47(71)26-18-41)42-19-27-48(72)28-20-42/h7-36,69,71,73-74,77-80H,70,72H2,1-6H3. The Morgan fingerprint density at radius 1 is 0.475 bits per heavy atom. The molecule has 4 aliphatic rings. The van der Waals surface area contributed by atoms with Crippen LogP contribution in [0.5, 0.6) is 11.5 Å². The Kier molecular flexibility index (Phi) is 14.2. The number of fused-ring (bicyclic) bond motifs is 2. The van der Waals surface area contributed by atoms with Crippen LogP contribution in [-0.4, -0.2) is 43.4 Å². The van der Waals surface area contributed by atoms with Crippen LogP contribution in [0.4, 0.5) is 22.7 Å². The number of carbonyl (C=O) groups excluding carboxylic acids is 2. The van der Waals surface area contributed by atoms with Crippen LogP contribution in [0.2, 0.25) is 0 Å². The molecule has 0 saturated heterocycles. The van der Waals surface area contributed by atoms with E-state index in [4.69, 9.17) is 22.3 Å². The van der Waals surface area contributed by atoms with Crippen molar-refractivity contribution in [3.63, 3.8) is 0 Å². The molecule has 10 rings (SSSR count). The number of phenols is 2. The number of anilines is 4. The summed E-state index contributed by atoms with van der Waals surface area (Å²) in [5.41, 5.74) is 25.5. The molecule has 6 aromatic rings. The van der Waals surface area contributed by atoms with E-state index in [1.54, 1.807) is 50.3 Å². The summed E-state index contributed by atoms with van der Waals surface area (Å²) in [7, 11) is 0. The summed E-state index contributed by atoms with van der Waals surface area (Å²) in [5.74, 6) is -3.70. The predicted octanol–water partition coefficient (Wildman–Crippen LogP) is 14.4. The zero-order valence-corrected chi connectivity index (χ0v) is 45.1.